The topological polar surface area (TPSA) is 51.6 Å². The van der Waals surface area contributed by atoms with E-state index in [1.807, 2.05) is 26.0 Å². The van der Waals surface area contributed by atoms with E-state index in [-0.39, 0.29) is 12.4 Å². The lowest BCUT2D eigenvalue weighted by atomic mass is 9.90. The van der Waals surface area contributed by atoms with Crippen molar-refractivity contribution >= 4 is 15.9 Å². The fraction of sp³-hybridized carbons (Fsp3) is 0.667. The molecule has 0 radical (unpaired) electrons. The van der Waals surface area contributed by atoms with E-state index in [9.17, 15) is 5.11 Å². The highest BCUT2D eigenvalue weighted by Crippen LogP contribution is 2.31. The number of hydrogen-bond donors (Lipinski definition) is 1. The summed E-state index contributed by atoms with van der Waals surface area (Å²) >= 11 is 3.36. The van der Waals surface area contributed by atoms with E-state index in [0.717, 1.165) is 30.3 Å². The molecule has 2 unspecified atom stereocenters. The van der Waals surface area contributed by atoms with Crippen LogP contribution in [0.4, 0.5) is 0 Å². The van der Waals surface area contributed by atoms with Crippen LogP contribution in [-0.2, 0) is 15.1 Å². The Morgan fingerprint density at radius 1 is 1.55 bits per heavy atom. The molecule has 1 aliphatic rings. The van der Waals surface area contributed by atoms with Gasteiger partial charge in [-0.2, -0.15) is 0 Å². The summed E-state index contributed by atoms with van der Waals surface area (Å²) in [5.41, 5.74) is -0.465. The molecule has 1 fully saturated rings. The molecule has 1 N–H and O–H groups in total. The summed E-state index contributed by atoms with van der Waals surface area (Å²) < 4.78 is 12.4. The van der Waals surface area contributed by atoms with Crippen LogP contribution in [0, 0.1) is 0 Å². The normalized spacial score (nSPS) is 24.1. The highest BCUT2D eigenvalue weighted by Gasteiger charge is 2.38. The maximum Gasteiger partial charge on any atom is 0.158 e. The Kier molecular flexibility index (Phi) is 5.55. The molecule has 0 saturated carbocycles. The molecule has 2 heterocycles. The lowest BCUT2D eigenvalue weighted by Crippen LogP contribution is -2.42. The van der Waals surface area contributed by atoms with Crippen molar-refractivity contribution < 1.29 is 14.6 Å². The number of hydrogen-bond acceptors (Lipinski definition) is 4. The van der Waals surface area contributed by atoms with Crippen LogP contribution in [0.1, 0.15) is 45.2 Å². The maximum absolute atomic E-state index is 10.9. The molecule has 0 aromatic carbocycles. The van der Waals surface area contributed by atoms with Crippen molar-refractivity contribution in [1.82, 2.24) is 4.98 Å². The zero-order valence-electron chi connectivity index (χ0n) is 12.0. The Hall–Kier alpha value is -0.490. The number of ether oxygens (including phenoxy) is 2. The molecular formula is C15H22BrNO3. The Balaban J connectivity index is 2.09. The van der Waals surface area contributed by atoms with Gasteiger partial charge in [-0.3, -0.25) is 4.98 Å². The maximum atomic E-state index is 10.9. The average molecular weight is 344 g/mol. The minimum absolute atomic E-state index is 0.215. The quantitative estimate of drug-likeness (QED) is 0.890. The highest BCUT2D eigenvalue weighted by molar-refractivity contribution is 9.10. The van der Waals surface area contributed by atoms with Crippen molar-refractivity contribution in [3.8, 4) is 0 Å². The van der Waals surface area contributed by atoms with Gasteiger partial charge in [0.2, 0.25) is 0 Å². The summed E-state index contributed by atoms with van der Waals surface area (Å²) in [7, 11) is 0. The number of aliphatic hydroxyl groups is 1. The van der Waals surface area contributed by atoms with Crippen molar-refractivity contribution in [2.24, 2.45) is 0 Å². The molecule has 1 aromatic rings. The molecule has 1 saturated heterocycles. The first-order valence-corrected chi connectivity index (χ1v) is 7.97. The van der Waals surface area contributed by atoms with E-state index in [1.165, 1.54) is 0 Å². The molecule has 1 aromatic heterocycles. The molecule has 0 bridgehead atoms. The van der Waals surface area contributed by atoms with E-state index in [0.29, 0.717) is 12.1 Å². The van der Waals surface area contributed by atoms with Gasteiger partial charge in [0.05, 0.1) is 11.8 Å². The third-order valence-corrected chi connectivity index (χ3v) is 4.35. The van der Waals surface area contributed by atoms with Gasteiger partial charge < -0.3 is 14.6 Å². The van der Waals surface area contributed by atoms with Gasteiger partial charge in [-0.25, -0.2) is 0 Å². The second-order valence-corrected chi connectivity index (χ2v) is 6.13. The van der Waals surface area contributed by atoms with E-state index in [1.54, 1.807) is 6.20 Å². The first-order valence-electron chi connectivity index (χ1n) is 7.17. The number of aromatic nitrogens is 1. The van der Waals surface area contributed by atoms with Crippen LogP contribution >= 0.6 is 15.9 Å². The number of pyridine rings is 1. The zero-order valence-corrected chi connectivity index (χ0v) is 13.6. The molecule has 1 aliphatic heterocycles. The molecule has 20 heavy (non-hydrogen) atoms. The van der Waals surface area contributed by atoms with Gasteiger partial charge in [-0.15, -0.1) is 0 Å². The molecule has 112 valence electrons. The first kappa shape index (κ1) is 15.9. The standard InChI is InChI=1S/C15H22BrNO3/c1-3-15(18,13-8-7-12(16)10-17-13)11(2)20-14-6-4-5-9-19-14/h7-8,10-11,14,18H,3-6,9H2,1-2H3/t11-,14?,15?/m0/s1. The molecule has 3 atom stereocenters. The Bertz CT molecular complexity index is 420. The fourth-order valence-electron chi connectivity index (χ4n) is 2.47. The van der Waals surface area contributed by atoms with Crippen LogP contribution in [0.3, 0.4) is 0 Å². The van der Waals surface area contributed by atoms with Crippen molar-refractivity contribution in [3.63, 3.8) is 0 Å². The highest BCUT2D eigenvalue weighted by atomic mass is 79.9. The summed E-state index contributed by atoms with van der Waals surface area (Å²) in [5.74, 6) is 0. The summed E-state index contributed by atoms with van der Waals surface area (Å²) in [5, 5.41) is 10.9. The second kappa shape index (κ2) is 6.98. The van der Waals surface area contributed by atoms with Crippen molar-refractivity contribution in [1.29, 1.82) is 0 Å². The molecule has 0 aliphatic carbocycles. The third-order valence-electron chi connectivity index (χ3n) is 3.88. The van der Waals surface area contributed by atoms with Crippen LogP contribution in [0.15, 0.2) is 22.8 Å². The minimum Gasteiger partial charge on any atom is -0.381 e. The number of rotatable bonds is 5. The van der Waals surface area contributed by atoms with E-state index < -0.39 is 5.60 Å². The SMILES string of the molecule is CCC(O)(c1ccc(Br)cn1)[C@H](C)OC1CCCCO1. The van der Waals surface area contributed by atoms with Crippen molar-refractivity contribution in [3.05, 3.63) is 28.5 Å². The van der Waals surface area contributed by atoms with Gasteiger partial charge >= 0.3 is 0 Å². The second-order valence-electron chi connectivity index (χ2n) is 5.21. The largest absolute Gasteiger partial charge is 0.381 e. The van der Waals surface area contributed by atoms with Crippen LogP contribution in [0.25, 0.3) is 0 Å². The Morgan fingerprint density at radius 3 is 2.90 bits per heavy atom. The predicted octanol–water partition coefficient (Wildman–Crippen LogP) is 3.37. The summed E-state index contributed by atoms with van der Waals surface area (Å²) in [6.45, 7) is 4.55. The van der Waals surface area contributed by atoms with Gasteiger partial charge in [0.25, 0.3) is 0 Å². The number of nitrogens with zero attached hydrogens (tertiary/aromatic N) is 1. The smallest absolute Gasteiger partial charge is 0.158 e. The minimum atomic E-state index is -1.10. The average Bonchev–Trinajstić information content (AvgIpc) is 2.48. The lowest BCUT2D eigenvalue weighted by Gasteiger charge is -2.35. The first-order chi connectivity index (χ1) is 9.56. The summed E-state index contributed by atoms with van der Waals surface area (Å²) in [6.07, 6.45) is 4.73. The van der Waals surface area contributed by atoms with E-state index in [2.05, 4.69) is 20.9 Å². The van der Waals surface area contributed by atoms with Crippen LogP contribution in [0.5, 0.6) is 0 Å². The number of halogens is 1. The van der Waals surface area contributed by atoms with Crippen LogP contribution in [0.2, 0.25) is 0 Å². The van der Waals surface area contributed by atoms with Gasteiger partial charge in [-0.1, -0.05) is 6.92 Å². The zero-order chi connectivity index (χ0) is 14.6. The van der Waals surface area contributed by atoms with Gasteiger partial charge in [0.1, 0.15) is 5.60 Å². The molecule has 2 rings (SSSR count). The molecular weight excluding hydrogens is 322 g/mol. The summed E-state index contributed by atoms with van der Waals surface area (Å²) in [6, 6.07) is 3.71. The van der Waals surface area contributed by atoms with E-state index >= 15 is 0 Å². The molecule has 0 spiro atoms. The third kappa shape index (κ3) is 3.58. The van der Waals surface area contributed by atoms with Crippen LogP contribution in [-0.4, -0.2) is 29.1 Å². The molecule has 4 nitrogen and oxygen atoms in total. The lowest BCUT2D eigenvalue weighted by molar-refractivity contribution is -0.227. The van der Waals surface area contributed by atoms with Gasteiger partial charge in [-0.05, 0) is 60.7 Å². The van der Waals surface area contributed by atoms with Gasteiger partial charge in [0, 0.05) is 17.3 Å². The van der Waals surface area contributed by atoms with Crippen LogP contribution < -0.4 is 0 Å². The molecule has 0 amide bonds. The van der Waals surface area contributed by atoms with Gasteiger partial charge in [0.15, 0.2) is 6.29 Å². The predicted molar refractivity (Wildman–Crippen MR) is 80.3 cm³/mol. The monoisotopic (exact) mass is 343 g/mol. The fourth-order valence-corrected chi connectivity index (χ4v) is 2.70. The van der Waals surface area contributed by atoms with Crippen molar-refractivity contribution in [2.45, 2.75) is 57.5 Å². The van der Waals surface area contributed by atoms with E-state index in [4.69, 9.17) is 9.47 Å². The Morgan fingerprint density at radius 2 is 2.35 bits per heavy atom. The van der Waals surface area contributed by atoms with Crippen molar-refractivity contribution in [2.75, 3.05) is 6.61 Å². The molecule has 5 heteroatoms. The Labute approximate surface area is 128 Å². The summed E-state index contributed by atoms with van der Waals surface area (Å²) in [4.78, 5) is 4.32.